The van der Waals surface area contributed by atoms with E-state index >= 15 is 0 Å². The Kier molecular flexibility index (Phi) is 2.59. The first-order chi connectivity index (χ1) is 6.85. The van der Waals surface area contributed by atoms with Gasteiger partial charge >= 0.3 is 0 Å². The molecule has 1 atom stereocenters. The van der Waals surface area contributed by atoms with Crippen LogP contribution in [0.1, 0.15) is 5.56 Å². The van der Waals surface area contributed by atoms with Crippen LogP contribution in [0.3, 0.4) is 0 Å². The molecule has 1 aromatic carbocycles. The van der Waals surface area contributed by atoms with Gasteiger partial charge in [-0.15, -0.1) is 0 Å². The lowest BCUT2D eigenvalue weighted by Crippen LogP contribution is -2.24. The van der Waals surface area contributed by atoms with Gasteiger partial charge < -0.3 is 14.6 Å². The van der Waals surface area contributed by atoms with E-state index in [1.165, 1.54) is 0 Å². The number of aliphatic hydroxyl groups excluding tert-OH is 1. The first-order valence-corrected chi connectivity index (χ1v) is 4.74. The van der Waals surface area contributed by atoms with Crippen LogP contribution in [-0.2, 0) is 6.42 Å². The maximum absolute atomic E-state index is 9.06. The summed E-state index contributed by atoms with van der Waals surface area (Å²) in [4.78, 5) is 0. The van der Waals surface area contributed by atoms with Gasteiger partial charge in [0.1, 0.15) is 11.5 Å². The average molecular weight is 194 g/mol. The van der Waals surface area contributed by atoms with E-state index in [-0.39, 0.29) is 12.5 Å². The molecule has 76 valence electrons. The van der Waals surface area contributed by atoms with Crippen LogP contribution in [0.25, 0.3) is 0 Å². The van der Waals surface area contributed by atoms with Gasteiger partial charge in [0.15, 0.2) is 0 Å². The zero-order valence-corrected chi connectivity index (χ0v) is 8.19. The molecule has 3 heteroatoms. The largest absolute Gasteiger partial charge is 0.496 e. The topological polar surface area (TPSA) is 38.7 Å². The van der Waals surface area contributed by atoms with Gasteiger partial charge in [-0.2, -0.15) is 0 Å². The number of ether oxygens (including phenoxy) is 2. The van der Waals surface area contributed by atoms with Crippen molar-refractivity contribution in [2.24, 2.45) is 5.92 Å². The number of fused-ring (bicyclic) bond motifs is 1. The Bertz CT molecular complexity index is 308. The number of methoxy groups -OCH3 is 1. The van der Waals surface area contributed by atoms with Crippen LogP contribution >= 0.6 is 0 Å². The predicted molar refractivity (Wildman–Crippen MR) is 52.8 cm³/mol. The van der Waals surface area contributed by atoms with Crippen molar-refractivity contribution < 1.29 is 14.6 Å². The minimum Gasteiger partial charge on any atom is -0.496 e. The second kappa shape index (κ2) is 3.88. The van der Waals surface area contributed by atoms with E-state index in [2.05, 4.69) is 0 Å². The summed E-state index contributed by atoms with van der Waals surface area (Å²) >= 11 is 0. The smallest absolute Gasteiger partial charge is 0.126 e. The van der Waals surface area contributed by atoms with Crippen molar-refractivity contribution in [3.05, 3.63) is 23.8 Å². The van der Waals surface area contributed by atoms with E-state index in [0.717, 1.165) is 23.5 Å². The lowest BCUT2D eigenvalue weighted by Gasteiger charge is -2.25. The second-order valence-corrected chi connectivity index (χ2v) is 3.50. The highest BCUT2D eigenvalue weighted by atomic mass is 16.5. The Labute approximate surface area is 83.3 Å². The first kappa shape index (κ1) is 9.34. The molecular weight excluding hydrogens is 180 g/mol. The SMILES string of the molecule is COc1cccc2c1C[C@@H](CO)CO2. The minimum atomic E-state index is 0.164. The fraction of sp³-hybridized carbons (Fsp3) is 0.455. The van der Waals surface area contributed by atoms with Crippen LogP contribution in [0, 0.1) is 5.92 Å². The molecule has 3 nitrogen and oxygen atoms in total. The van der Waals surface area contributed by atoms with Gasteiger partial charge in [-0.25, -0.2) is 0 Å². The highest BCUT2D eigenvalue weighted by Gasteiger charge is 2.21. The number of aliphatic hydroxyl groups is 1. The molecule has 0 bridgehead atoms. The van der Waals surface area contributed by atoms with Crippen molar-refractivity contribution in [3.63, 3.8) is 0 Å². The molecule has 0 saturated heterocycles. The zero-order chi connectivity index (χ0) is 9.97. The maximum Gasteiger partial charge on any atom is 0.126 e. The fourth-order valence-electron chi connectivity index (χ4n) is 1.75. The number of benzene rings is 1. The summed E-state index contributed by atoms with van der Waals surface area (Å²) in [5, 5.41) is 9.06. The van der Waals surface area contributed by atoms with Gasteiger partial charge in [0, 0.05) is 18.1 Å². The molecule has 1 aliphatic heterocycles. The molecule has 1 heterocycles. The average Bonchev–Trinajstić information content (AvgIpc) is 2.27. The van der Waals surface area contributed by atoms with Gasteiger partial charge in [0.05, 0.1) is 13.7 Å². The van der Waals surface area contributed by atoms with Gasteiger partial charge in [-0.05, 0) is 18.6 Å². The lowest BCUT2D eigenvalue weighted by molar-refractivity contribution is 0.145. The quantitative estimate of drug-likeness (QED) is 0.769. The maximum atomic E-state index is 9.06. The van der Waals surface area contributed by atoms with E-state index in [9.17, 15) is 0 Å². The second-order valence-electron chi connectivity index (χ2n) is 3.50. The normalized spacial score (nSPS) is 19.7. The molecule has 1 aromatic rings. The Morgan fingerprint density at radius 2 is 2.43 bits per heavy atom. The summed E-state index contributed by atoms with van der Waals surface area (Å²) in [6.45, 7) is 0.758. The third-order valence-electron chi connectivity index (χ3n) is 2.54. The van der Waals surface area contributed by atoms with Crippen LogP contribution in [-0.4, -0.2) is 25.4 Å². The van der Waals surface area contributed by atoms with Crippen LogP contribution in [0.2, 0.25) is 0 Å². The summed E-state index contributed by atoms with van der Waals surface area (Å²) in [5.41, 5.74) is 1.07. The molecule has 0 aliphatic carbocycles. The van der Waals surface area contributed by atoms with Crippen molar-refractivity contribution in [3.8, 4) is 11.5 Å². The standard InChI is InChI=1S/C11H14O3/c1-13-10-3-2-4-11-9(10)5-8(6-12)7-14-11/h2-4,8,12H,5-7H2,1H3/t8-/m0/s1. The molecule has 0 fully saturated rings. The van der Waals surface area contributed by atoms with E-state index in [4.69, 9.17) is 14.6 Å². The Balaban J connectivity index is 2.33. The van der Waals surface area contributed by atoms with Crippen LogP contribution < -0.4 is 9.47 Å². The molecule has 2 rings (SSSR count). The Morgan fingerprint density at radius 1 is 1.57 bits per heavy atom. The molecule has 0 amide bonds. The highest BCUT2D eigenvalue weighted by Crippen LogP contribution is 2.34. The predicted octanol–water partition coefficient (Wildman–Crippen LogP) is 1.24. The van der Waals surface area contributed by atoms with Crippen molar-refractivity contribution in [2.75, 3.05) is 20.3 Å². The minimum absolute atomic E-state index is 0.164. The molecule has 1 aliphatic rings. The monoisotopic (exact) mass is 194 g/mol. The van der Waals surface area contributed by atoms with Crippen LogP contribution in [0.5, 0.6) is 11.5 Å². The van der Waals surface area contributed by atoms with E-state index in [0.29, 0.717) is 6.61 Å². The molecular formula is C11H14O3. The van der Waals surface area contributed by atoms with E-state index < -0.39 is 0 Å². The zero-order valence-electron chi connectivity index (χ0n) is 8.19. The third kappa shape index (κ3) is 1.55. The third-order valence-corrected chi connectivity index (χ3v) is 2.54. The first-order valence-electron chi connectivity index (χ1n) is 4.74. The molecule has 0 unspecified atom stereocenters. The van der Waals surface area contributed by atoms with Gasteiger partial charge in [0.25, 0.3) is 0 Å². The van der Waals surface area contributed by atoms with Crippen molar-refractivity contribution in [2.45, 2.75) is 6.42 Å². The van der Waals surface area contributed by atoms with Crippen LogP contribution in [0.15, 0.2) is 18.2 Å². The van der Waals surface area contributed by atoms with Gasteiger partial charge in [-0.1, -0.05) is 6.07 Å². The number of rotatable bonds is 2. The summed E-state index contributed by atoms with van der Waals surface area (Å²) in [5.74, 6) is 1.92. The van der Waals surface area contributed by atoms with Crippen molar-refractivity contribution in [1.82, 2.24) is 0 Å². The lowest BCUT2D eigenvalue weighted by atomic mass is 9.97. The molecule has 0 spiro atoms. The van der Waals surface area contributed by atoms with Gasteiger partial charge in [-0.3, -0.25) is 0 Å². The number of hydrogen-bond donors (Lipinski definition) is 1. The Morgan fingerprint density at radius 3 is 3.14 bits per heavy atom. The fourth-order valence-corrected chi connectivity index (χ4v) is 1.75. The molecule has 14 heavy (non-hydrogen) atoms. The van der Waals surface area contributed by atoms with Crippen molar-refractivity contribution >= 4 is 0 Å². The molecule has 0 saturated carbocycles. The molecule has 0 radical (unpaired) electrons. The molecule has 0 aromatic heterocycles. The van der Waals surface area contributed by atoms with E-state index in [1.807, 2.05) is 18.2 Å². The summed E-state index contributed by atoms with van der Waals surface area (Å²) < 4.78 is 10.8. The highest BCUT2D eigenvalue weighted by molar-refractivity contribution is 5.46. The summed E-state index contributed by atoms with van der Waals surface area (Å²) in [7, 11) is 1.65. The van der Waals surface area contributed by atoms with Crippen LogP contribution in [0.4, 0.5) is 0 Å². The van der Waals surface area contributed by atoms with Crippen molar-refractivity contribution in [1.29, 1.82) is 0 Å². The van der Waals surface area contributed by atoms with E-state index in [1.54, 1.807) is 7.11 Å². The summed E-state index contributed by atoms with van der Waals surface area (Å²) in [6, 6.07) is 5.77. The number of hydrogen-bond acceptors (Lipinski definition) is 3. The van der Waals surface area contributed by atoms with Gasteiger partial charge in [0.2, 0.25) is 0 Å². The summed E-state index contributed by atoms with van der Waals surface area (Å²) in [6.07, 6.45) is 0.829. The molecule has 1 N–H and O–H groups in total. The Hall–Kier alpha value is -1.22.